The van der Waals surface area contributed by atoms with Gasteiger partial charge in [0, 0.05) is 25.6 Å². The van der Waals surface area contributed by atoms with Crippen LogP contribution < -0.4 is 10.6 Å². The largest absolute Gasteiger partial charge is 0.352 e. The summed E-state index contributed by atoms with van der Waals surface area (Å²) < 4.78 is 0. The normalized spacial score (nSPS) is 19.7. The van der Waals surface area contributed by atoms with Gasteiger partial charge in [0.15, 0.2) is 0 Å². The van der Waals surface area contributed by atoms with Gasteiger partial charge in [-0.3, -0.25) is 4.79 Å². The standard InChI is InChI=1S/C17H27N3O/c1-14(19-17(21)10-16-8-9-18-11-16)12-20(2)13-15-6-4-3-5-7-15/h3-7,14,16,18H,8-13H2,1-2H3,(H,19,21). The fourth-order valence-electron chi connectivity index (χ4n) is 2.96. The number of hydrogen-bond acceptors (Lipinski definition) is 3. The highest BCUT2D eigenvalue weighted by Crippen LogP contribution is 2.11. The molecule has 1 aromatic carbocycles. The summed E-state index contributed by atoms with van der Waals surface area (Å²) in [4.78, 5) is 14.2. The molecule has 1 heterocycles. The summed E-state index contributed by atoms with van der Waals surface area (Å²) in [7, 11) is 2.09. The average molecular weight is 289 g/mol. The monoisotopic (exact) mass is 289 g/mol. The highest BCUT2D eigenvalue weighted by Gasteiger charge is 2.19. The number of carbonyl (C=O) groups excluding carboxylic acids is 1. The summed E-state index contributed by atoms with van der Waals surface area (Å²) in [6, 6.07) is 10.6. The zero-order valence-corrected chi connectivity index (χ0v) is 13.1. The summed E-state index contributed by atoms with van der Waals surface area (Å²) in [5.41, 5.74) is 1.30. The van der Waals surface area contributed by atoms with Gasteiger partial charge in [0.2, 0.25) is 5.91 Å². The van der Waals surface area contributed by atoms with E-state index < -0.39 is 0 Å². The molecule has 1 fully saturated rings. The number of benzene rings is 1. The molecule has 2 unspecified atom stereocenters. The fraction of sp³-hybridized carbons (Fsp3) is 0.588. The number of nitrogens with zero attached hydrogens (tertiary/aromatic N) is 1. The maximum absolute atomic E-state index is 12.0. The molecule has 2 rings (SSSR count). The lowest BCUT2D eigenvalue weighted by Crippen LogP contribution is -2.41. The molecule has 0 spiro atoms. The molecule has 1 aliphatic heterocycles. The third-order valence-corrected chi connectivity index (χ3v) is 3.92. The van der Waals surface area contributed by atoms with Crippen LogP contribution in [0, 0.1) is 5.92 Å². The van der Waals surface area contributed by atoms with Gasteiger partial charge >= 0.3 is 0 Å². The predicted molar refractivity (Wildman–Crippen MR) is 86.0 cm³/mol. The topological polar surface area (TPSA) is 44.4 Å². The van der Waals surface area contributed by atoms with E-state index in [1.54, 1.807) is 0 Å². The Morgan fingerprint density at radius 1 is 1.43 bits per heavy atom. The zero-order valence-electron chi connectivity index (χ0n) is 13.1. The van der Waals surface area contributed by atoms with Crippen LogP contribution in [0.4, 0.5) is 0 Å². The Hall–Kier alpha value is -1.39. The molecule has 1 aromatic rings. The van der Waals surface area contributed by atoms with Gasteiger partial charge in [-0.15, -0.1) is 0 Å². The minimum atomic E-state index is 0.181. The fourth-order valence-corrected chi connectivity index (χ4v) is 2.96. The van der Waals surface area contributed by atoms with Gasteiger partial charge < -0.3 is 15.5 Å². The molecule has 4 heteroatoms. The Bertz CT molecular complexity index is 429. The van der Waals surface area contributed by atoms with Crippen LogP contribution in [0.5, 0.6) is 0 Å². The second-order valence-corrected chi connectivity index (χ2v) is 6.21. The minimum absolute atomic E-state index is 0.181. The summed E-state index contributed by atoms with van der Waals surface area (Å²) in [5, 5.41) is 6.42. The quantitative estimate of drug-likeness (QED) is 0.802. The summed E-state index contributed by atoms with van der Waals surface area (Å²) >= 11 is 0. The second-order valence-electron chi connectivity index (χ2n) is 6.21. The van der Waals surface area contributed by atoms with Gasteiger partial charge in [0.05, 0.1) is 0 Å². The Morgan fingerprint density at radius 2 is 2.19 bits per heavy atom. The summed E-state index contributed by atoms with van der Waals surface area (Å²) in [5.74, 6) is 0.698. The Balaban J connectivity index is 1.68. The van der Waals surface area contributed by atoms with E-state index in [-0.39, 0.29) is 11.9 Å². The lowest BCUT2D eigenvalue weighted by molar-refractivity contribution is -0.122. The average Bonchev–Trinajstić information content (AvgIpc) is 2.91. The molecule has 1 amide bonds. The van der Waals surface area contributed by atoms with E-state index in [1.807, 2.05) is 6.07 Å². The Morgan fingerprint density at radius 3 is 2.86 bits per heavy atom. The van der Waals surface area contributed by atoms with Crippen LogP contribution in [0.1, 0.15) is 25.3 Å². The van der Waals surface area contributed by atoms with E-state index >= 15 is 0 Å². The van der Waals surface area contributed by atoms with Crippen molar-refractivity contribution < 1.29 is 4.79 Å². The highest BCUT2D eigenvalue weighted by molar-refractivity contribution is 5.76. The van der Waals surface area contributed by atoms with E-state index in [9.17, 15) is 4.79 Å². The molecule has 2 N–H and O–H groups in total. The number of nitrogens with one attached hydrogen (secondary N) is 2. The molecular weight excluding hydrogens is 262 g/mol. The number of likely N-dealkylation sites (N-methyl/N-ethyl adjacent to an activating group) is 1. The summed E-state index contributed by atoms with van der Waals surface area (Å²) in [6.07, 6.45) is 1.77. The number of rotatable bonds is 7. The van der Waals surface area contributed by atoms with Gasteiger partial charge in [-0.2, -0.15) is 0 Å². The maximum atomic E-state index is 12.0. The maximum Gasteiger partial charge on any atom is 0.220 e. The van der Waals surface area contributed by atoms with Crippen molar-refractivity contribution in [1.82, 2.24) is 15.5 Å². The van der Waals surface area contributed by atoms with E-state index in [4.69, 9.17) is 0 Å². The third kappa shape index (κ3) is 5.86. The molecule has 0 saturated carbocycles. The molecule has 1 aliphatic rings. The lowest BCUT2D eigenvalue weighted by atomic mass is 10.0. The molecule has 0 bridgehead atoms. The molecule has 0 aliphatic carbocycles. The van der Waals surface area contributed by atoms with Gasteiger partial charge in [-0.25, -0.2) is 0 Å². The first-order valence-corrected chi connectivity index (χ1v) is 7.86. The highest BCUT2D eigenvalue weighted by atomic mass is 16.1. The smallest absolute Gasteiger partial charge is 0.220 e. The van der Waals surface area contributed by atoms with Crippen molar-refractivity contribution in [2.75, 3.05) is 26.7 Å². The number of carbonyl (C=O) groups is 1. The molecule has 116 valence electrons. The van der Waals surface area contributed by atoms with Crippen molar-refractivity contribution in [3.05, 3.63) is 35.9 Å². The van der Waals surface area contributed by atoms with Gasteiger partial charge in [0.1, 0.15) is 0 Å². The molecular formula is C17H27N3O. The molecule has 0 radical (unpaired) electrons. The first-order valence-electron chi connectivity index (χ1n) is 7.86. The van der Waals surface area contributed by atoms with Gasteiger partial charge in [0.25, 0.3) is 0 Å². The van der Waals surface area contributed by atoms with Crippen LogP contribution in [-0.4, -0.2) is 43.5 Å². The molecule has 0 aromatic heterocycles. The van der Waals surface area contributed by atoms with E-state index in [1.165, 1.54) is 5.56 Å². The van der Waals surface area contributed by atoms with Crippen LogP contribution in [-0.2, 0) is 11.3 Å². The van der Waals surface area contributed by atoms with Crippen molar-refractivity contribution in [2.24, 2.45) is 5.92 Å². The van der Waals surface area contributed by atoms with Crippen molar-refractivity contribution in [3.63, 3.8) is 0 Å². The molecule has 21 heavy (non-hydrogen) atoms. The summed E-state index contributed by atoms with van der Waals surface area (Å²) in [6.45, 7) is 5.88. The third-order valence-electron chi connectivity index (χ3n) is 3.92. The number of hydrogen-bond donors (Lipinski definition) is 2. The minimum Gasteiger partial charge on any atom is -0.352 e. The number of amides is 1. The predicted octanol–water partition coefficient (Wildman–Crippen LogP) is 1.62. The molecule has 4 nitrogen and oxygen atoms in total. The van der Waals surface area contributed by atoms with Crippen molar-refractivity contribution in [1.29, 1.82) is 0 Å². The van der Waals surface area contributed by atoms with Crippen LogP contribution >= 0.6 is 0 Å². The Labute approximate surface area is 127 Å². The van der Waals surface area contributed by atoms with Crippen molar-refractivity contribution in [2.45, 2.75) is 32.4 Å². The Kier molecular flexibility index (Phi) is 6.21. The van der Waals surface area contributed by atoms with Gasteiger partial charge in [-0.05, 0) is 45.0 Å². The first kappa shape index (κ1) is 16.0. The van der Waals surface area contributed by atoms with Crippen LogP contribution in [0.3, 0.4) is 0 Å². The van der Waals surface area contributed by atoms with E-state index in [0.29, 0.717) is 12.3 Å². The first-order chi connectivity index (χ1) is 10.1. The van der Waals surface area contributed by atoms with Crippen LogP contribution in [0.2, 0.25) is 0 Å². The SMILES string of the molecule is CC(CN(C)Cc1ccccc1)NC(=O)CC1CCNC1. The van der Waals surface area contributed by atoms with E-state index in [2.05, 4.69) is 53.8 Å². The van der Waals surface area contributed by atoms with E-state index in [0.717, 1.165) is 32.6 Å². The van der Waals surface area contributed by atoms with Crippen LogP contribution in [0.25, 0.3) is 0 Å². The molecule has 2 atom stereocenters. The zero-order chi connectivity index (χ0) is 15.1. The molecule has 1 saturated heterocycles. The second kappa shape index (κ2) is 8.15. The van der Waals surface area contributed by atoms with Crippen molar-refractivity contribution >= 4 is 5.91 Å². The van der Waals surface area contributed by atoms with Gasteiger partial charge in [-0.1, -0.05) is 30.3 Å². The van der Waals surface area contributed by atoms with Crippen molar-refractivity contribution in [3.8, 4) is 0 Å². The lowest BCUT2D eigenvalue weighted by Gasteiger charge is -2.22. The van der Waals surface area contributed by atoms with Crippen LogP contribution in [0.15, 0.2) is 30.3 Å².